The fourth-order valence-corrected chi connectivity index (χ4v) is 6.06. The number of anilines is 1. The Bertz CT molecular complexity index is 1330. The van der Waals surface area contributed by atoms with Crippen LogP contribution in [0.2, 0.25) is 0 Å². The Morgan fingerprint density at radius 3 is 2.54 bits per heavy atom. The van der Waals surface area contributed by atoms with Crippen molar-refractivity contribution in [2.45, 2.75) is 37.4 Å². The third-order valence-electron chi connectivity index (χ3n) is 5.55. The summed E-state index contributed by atoms with van der Waals surface area (Å²) in [6.07, 6.45) is 3.60. The molecule has 2 amide bonds. The Hall–Kier alpha value is -2.72. The Kier molecular flexibility index (Phi) is 10.9. The van der Waals surface area contributed by atoms with Gasteiger partial charge in [-0.3, -0.25) is 0 Å². The maximum absolute atomic E-state index is 13.1. The van der Waals surface area contributed by atoms with Crippen LogP contribution in [0.15, 0.2) is 52.0 Å². The van der Waals surface area contributed by atoms with Gasteiger partial charge in [0.2, 0.25) is 0 Å². The number of oxime groups is 1. The molecule has 0 saturated carbocycles. The summed E-state index contributed by atoms with van der Waals surface area (Å²) in [4.78, 5) is 61.6. The van der Waals surface area contributed by atoms with Gasteiger partial charge in [0.05, 0.1) is 0 Å². The Labute approximate surface area is 254 Å². The van der Waals surface area contributed by atoms with Crippen molar-refractivity contribution >= 4 is 90.0 Å². The van der Waals surface area contributed by atoms with Gasteiger partial charge in [0.1, 0.15) is 0 Å². The van der Waals surface area contributed by atoms with E-state index in [-0.39, 0.29) is 71.3 Å². The number of thioether (sulfide) groups is 1. The van der Waals surface area contributed by atoms with Crippen molar-refractivity contribution in [3.63, 3.8) is 0 Å². The first-order valence-electron chi connectivity index (χ1n) is 10.9. The number of hydrogen-bond acceptors (Lipinski definition) is 10. The topological polar surface area (TPSA) is 218 Å². The quantitative estimate of drug-likeness (QED) is 0.0793. The summed E-state index contributed by atoms with van der Waals surface area (Å²) < 4.78 is 2.10. The molecule has 1 saturated heterocycles. The van der Waals surface area contributed by atoms with Gasteiger partial charge in [-0.15, -0.1) is 0 Å². The molecular formula is C22H25N6NaO8SSe. The largest absolute Gasteiger partial charge is 0.870 e. The second-order valence-corrected chi connectivity index (χ2v) is 11.6. The van der Waals surface area contributed by atoms with Crippen molar-refractivity contribution < 1.29 is 44.3 Å². The monoisotopic (exact) mass is 636 g/mol. The summed E-state index contributed by atoms with van der Waals surface area (Å²) in [5.41, 5.74) is 4.23. The molecule has 0 radical (unpaired) electrons. The number of hydrogen-bond donors (Lipinski definition) is 4. The normalized spacial score (nSPS) is 18.7. The van der Waals surface area contributed by atoms with Crippen LogP contribution < -0.4 is 15.6 Å². The van der Waals surface area contributed by atoms with Crippen molar-refractivity contribution in [1.29, 1.82) is 0 Å². The van der Waals surface area contributed by atoms with E-state index in [9.17, 15) is 29.4 Å². The van der Waals surface area contributed by atoms with Gasteiger partial charge >= 0.3 is 220 Å². The molecule has 1 fully saturated rings. The standard InChI is InChI=1S/C22H22N6O7SSe.Na.H2O.H/c1-22(2,20(33)34)35-26-13(12-10-37-21(23)24-12)16(29)25-14-17(30)28-15(19(31)32)11(9-36-18(14)28)8-27-6-4-3-5-7-27;;;/h3-7,10,14,18H,8-9H2,1-2H3,(H4-,23,24,25,29,31,32,33,34);;1H2;/b26-13-;;;/t14-,18-;;;/m1.../s1. The van der Waals surface area contributed by atoms with Gasteiger partial charge in [-0.05, 0) is 0 Å². The smallest absolute Gasteiger partial charge is 0.870 e. The second kappa shape index (κ2) is 13.1. The summed E-state index contributed by atoms with van der Waals surface area (Å²) in [6.45, 7) is 2.82. The van der Waals surface area contributed by atoms with Crippen molar-refractivity contribution in [1.82, 2.24) is 15.2 Å². The molecule has 0 unspecified atom stereocenters. The van der Waals surface area contributed by atoms with E-state index in [0.29, 0.717) is 17.9 Å². The number of pyridine rings is 1. The van der Waals surface area contributed by atoms with Gasteiger partial charge < -0.3 is 5.48 Å². The number of amides is 2. The molecule has 2 aromatic rings. The molecule has 204 valence electrons. The number of nitrogen functional groups attached to an aromatic ring is 1. The molecule has 4 heterocycles. The first kappa shape index (κ1) is 32.5. The van der Waals surface area contributed by atoms with Crippen LogP contribution in [-0.4, -0.2) is 122 Å². The number of rotatable bonds is 9. The minimum absolute atomic E-state index is 0. The van der Waals surface area contributed by atoms with Gasteiger partial charge in [0.25, 0.3) is 0 Å². The number of carbonyl (C=O) groups is 4. The fraction of sp³-hybridized carbons (Fsp3) is 0.318. The third-order valence-corrected chi connectivity index (χ3v) is 8.30. The summed E-state index contributed by atoms with van der Waals surface area (Å²) >= 11 is 1.01. The molecule has 39 heavy (non-hydrogen) atoms. The molecule has 2 aliphatic rings. The number of aromatic nitrogens is 2. The van der Waals surface area contributed by atoms with E-state index < -0.39 is 40.8 Å². The van der Waals surface area contributed by atoms with Gasteiger partial charge in [0, 0.05) is 12.1 Å². The number of carboxylic acids is 2. The minimum Gasteiger partial charge on any atom is -0.870 e. The molecule has 2 atom stereocenters. The zero-order chi connectivity index (χ0) is 26.9. The molecule has 0 aromatic carbocycles. The summed E-state index contributed by atoms with van der Waals surface area (Å²) in [6, 6.07) is 4.46. The number of carbonyl (C=O) groups excluding carboxylic acids is 2. The fourth-order valence-electron chi connectivity index (χ4n) is 3.57. The van der Waals surface area contributed by atoms with E-state index in [1.165, 1.54) is 30.5 Å². The Morgan fingerprint density at radius 2 is 1.97 bits per heavy atom. The number of nitrogens with two attached hydrogens (primary N) is 1. The first-order chi connectivity index (χ1) is 17.5. The number of β-lactam (4-membered cyclic amide) rings is 1. The van der Waals surface area contributed by atoms with Crippen LogP contribution in [0, 0.1) is 0 Å². The van der Waals surface area contributed by atoms with Crippen LogP contribution >= 0.6 is 11.8 Å². The SMILES string of the molecule is CC(C)(O/N=C(\C(=O)N[C@@H]1C(=O)N2C(C(=O)O)=C(C[n+]3ccccc3)CS[C@H]12)c1c[se]c(N)n1)C(=O)O.[NaH].[OH-]. The number of nitrogens with one attached hydrogen (secondary N) is 1. The van der Waals surface area contributed by atoms with Crippen molar-refractivity contribution in [2.75, 3.05) is 11.5 Å². The molecular weight excluding hydrogens is 610 g/mol. The number of nitrogens with zero attached hydrogens (tertiary/aromatic N) is 4. The molecule has 4 rings (SSSR count). The molecule has 2 aliphatic heterocycles. The first-order valence-corrected chi connectivity index (χ1v) is 13.7. The summed E-state index contributed by atoms with van der Waals surface area (Å²) in [7, 11) is 0. The van der Waals surface area contributed by atoms with Crippen molar-refractivity contribution in [3.8, 4) is 0 Å². The van der Waals surface area contributed by atoms with Crippen molar-refractivity contribution in [2.24, 2.45) is 5.16 Å². The van der Waals surface area contributed by atoms with Crippen LogP contribution in [0.4, 0.5) is 4.69 Å². The van der Waals surface area contributed by atoms with Crippen LogP contribution in [0.25, 0.3) is 0 Å². The van der Waals surface area contributed by atoms with Crippen molar-refractivity contribution in [3.05, 3.63) is 52.5 Å². The van der Waals surface area contributed by atoms with E-state index in [1.807, 2.05) is 22.8 Å². The molecule has 14 nitrogen and oxygen atoms in total. The predicted octanol–water partition coefficient (Wildman–Crippen LogP) is -1.79. The van der Waals surface area contributed by atoms with Gasteiger partial charge in [0.15, 0.2) is 12.4 Å². The van der Waals surface area contributed by atoms with Gasteiger partial charge in [-0.25, -0.2) is 0 Å². The maximum Gasteiger partial charge on any atom is -0.870 e. The zero-order valence-electron chi connectivity index (χ0n) is 20.1. The molecule has 2 aromatic heterocycles. The summed E-state index contributed by atoms with van der Waals surface area (Å²) in [5, 5.41) is 24.8. The zero-order valence-corrected chi connectivity index (χ0v) is 22.6. The Morgan fingerprint density at radius 1 is 1.31 bits per heavy atom. The number of fused-ring (bicyclic) bond motifs is 1. The van der Waals surface area contributed by atoms with E-state index in [2.05, 4.69) is 15.5 Å². The van der Waals surface area contributed by atoms with E-state index >= 15 is 0 Å². The molecule has 6 N–H and O–H groups in total. The van der Waals surface area contributed by atoms with E-state index in [0.717, 1.165) is 0 Å². The molecule has 17 heteroatoms. The number of carboxylic acid groups (broad SMARTS) is 2. The Balaban J connectivity index is 0.00000267. The molecule has 0 spiro atoms. The molecule has 0 bridgehead atoms. The van der Waals surface area contributed by atoms with Crippen LogP contribution in [0.5, 0.6) is 0 Å². The van der Waals surface area contributed by atoms with Crippen LogP contribution in [0.1, 0.15) is 19.5 Å². The average molecular weight is 635 g/mol. The van der Waals surface area contributed by atoms with Crippen LogP contribution in [-0.2, 0) is 30.6 Å². The van der Waals surface area contributed by atoms with Gasteiger partial charge in [-0.2, -0.15) is 0 Å². The van der Waals surface area contributed by atoms with Crippen LogP contribution in [0.3, 0.4) is 0 Å². The van der Waals surface area contributed by atoms with Gasteiger partial charge in [-0.1, -0.05) is 6.07 Å². The second-order valence-electron chi connectivity index (χ2n) is 8.58. The van der Waals surface area contributed by atoms with E-state index in [1.54, 1.807) is 17.3 Å². The molecule has 0 aliphatic carbocycles. The predicted molar refractivity (Wildman–Crippen MR) is 140 cm³/mol. The maximum atomic E-state index is 13.1. The third kappa shape index (κ3) is 6.89. The number of aliphatic carboxylic acids is 2. The summed E-state index contributed by atoms with van der Waals surface area (Å²) in [5.74, 6) is -3.60. The minimum atomic E-state index is -1.73. The van der Waals surface area contributed by atoms with E-state index in [4.69, 9.17) is 10.6 Å². The average Bonchev–Trinajstić information content (AvgIpc) is 3.28.